The van der Waals surface area contributed by atoms with E-state index in [1.807, 2.05) is 0 Å². The fraction of sp³-hybridized carbons (Fsp3) is 0.167. The quantitative estimate of drug-likeness (QED) is 0.639. The van der Waals surface area contributed by atoms with E-state index in [1.54, 1.807) is 32.0 Å². The largest absolute Gasteiger partial charge is 0.320 e. The summed E-state index contributed by atoms with van der Waals surface area (Å²) in [7, 11) is -3.62. The highest BCUT2D eigenvalue weighted by Gasteiger charge is 2.17. The Morgan fingerprint density at radius 1 is 1.14 bits per heavy atom. The topological polar surface area (TPSA) is 106 Å². The summed E-state index contributed by atoms with van der Waals surface area (Å²) in [5.74, 6) is -0.413. The molecule has 1 heterocycles. The number of carbonyl (C=O) groups excluding carboxylic acids is 1. The Morgan fingerprint density at radius 2 is 1.86 bits per heavy atom. The van der Waals surface area contributed by atoms with E-state index in [1.165, 1.54) is 41.6 Å². The van der Waals surface area contributed by atoms with Crippen LogP contribution in [0.4, 0.5) is 5.69 Å². The van der Waals surface area contributed by atoms with Gasteiger partial charge in [-0.15, -0.1) is 0 Å². The van der Waals surface area contributed by atoms with Gasteiger partial charge in [0.1, 0.15) is 12.7 Å². The number of sulfonamides is 1. The van der Waals surface area contributed by atoms with Crippen LogP contribution in [-0.2, 0) is 10.0 Å². The van der Waals surface area contributed by atoms with Gasteiger partial charge >= 0.3 is 0 Å². The van der Waals surface area contributed by atoms with Gasteiger partial charge in [-0.25, -0.2) is 22.8 Å². The Labute approximate surface area is 167 Å². The third-order valence-corrected chi connectivity index (χ3v) is 5.60. The summed E-state index contributed by atoms with van der Waals surface area (Å²) >= 11 is 6.05. The molecule has 3 rings (SSSR count). The molecule has 0 saturated heterocycles. The molecule has 146 valence electrons. The molecule has 0 aliphatic carbocycles. The van der Waals surface area contributed by atoms with E-state index in [-0.39, 0.29) is 10.9 Å². The van der Waals surface area contributed by atoms with Crippen molar-refractivity contribution < 1.29 is 13.2 Å². The van der Waals surface area contributed by atoms with E-state index in [4.69, 9.17) is 11.6 Å². The van der Waals surface area contributed by atoms with E-state index in [0.717, 1.165) is 0 Å². The molecule has 0 fully saturated rings. The van der Waals surface area contributed by atoms with Crippen LogP contribution < -0.4 is 10.0 Å². The molecule has 0 bridgehead atoms. The van der Waals surface area contributed by atoms with Gasteiger partial charge in [-0.3, -0.25) is 4.79 Å². The second-order valence-corrected chi connectivity index (χ2v) is 8.41. The van der Waals surface area contributed by atoms with E-state index >= 15 is 0 Å². The number of amides is 1. The normalized spacial score (nSPS) is 11.6. The zero-order chi connectivity index (χ0) is 20.3. The molecule has 0 radical (unpaired) electrons. The van der Waals surface area contributed by atoms with Crippen LogP contribution >= 0.6 is 11.6 Å². The second kappa shape index (κ2) is 8.09. The number of carbonyl (C=O) groups is 1. The maximum Gasteiger partial charge on any atom is 0.255 e. The summed E-state index contributed by atoms with van der Waals surface area (Å²) in [6, 6.07) is 10.4. The molecule has 8 nitrogen and oxygen atoms in total. The van der Waals surface area contributed by atoms with Crippen LogP contribution in [0.1, 0.15) is 24.2 Å². The van der Waals surface area contributed by atoms with Gasteiger partial charge in [0.2, 0.25) is 10.0 Å². The number of nitrogens with one attached hydrogen (secondary N) is 2. The number of rotatable bonds is 6. The fourth-order valence-corrected chi connectivity index (χ4v) is 3.92. The molecular formula is C18H18ClN5O3S. The number of hydrogen-bond acceptors (Lipinski definition) is 5. The molecule has 2 N–H and O–H groups in total. The monoisotopic (exact) mass is 419 g/mol. The maximum absolute atomic E-state index is 12.6. The molecule has 3 aromatic rings. The van der Waals surface area contributed by atoms with Gasteiger partial charge in [0.15, 0.2) is 0 Å². The van der Waals surface area contributed by atoms with Crippen molar-refractivity contribution >= 4 is 33.2 Å². The van der Waals surface area contributed by atoms with E-state index in [2.05, 4.69) is 20.1 Å². The minimum atomic E-state index is -3.62. The number of anilines is 1. The molecule has 0 atom stereocenters. The zero-order valence-electron chi connectivity index (χ0n) is 15.1. The van der Waals surface area contributed by atoms with Crippen LogP contribution in [0.3, 0.4) is 0 Å². The van der Waals surface area contributed by atoms with Gasteiger partial charge in [-0.1, -0.05) is 11.6 Å². The van der Waals surface area contributed by atoms with Gasteiger partial charge in [-0.05, 0) is 56.3 Å². The SMILES string of the molecule is CC(C)NS(=O)(=O)c1ccc(C(=O)Nc2cc(Cl)ccc2-n2cncn2)cc1. The van der Waals surface area contributed by atoms with Crippen molar-refractivity contribution in [2.75, 3.05) is 5.32 Å². The average Bonchev–Trinajstić information content (AvgIpc) is 3.15. The first-order valence-corrected chi connectivity index (χ1v) is 10.2. The molecule has 0 unspecified atom stereocenters. The van der Waals surface area contributed by atoms with Crippen molar-refractivity contribution in [1.29, 1.82) is 0 Å². The van der Waals surface area contributed by atoms with E-state index < -0.39 is 15.9 Å². The van der Waals surface area contributed by atoms with Crippen LogP contribution in [0, 0.1) is 0 Å². The highest BCUT2D eigenvalue weighted by Crippen LogP contribution is 2.24. The second-order valence-electron chi connectivity index (χ2n) is 6.26. The number of nitrogens with zero attached hydrogens (tertiary/aromatic N) is 3. The van der Waals surface area contributed by atoms with Gasteiger partial charge < -0.3 is 5.32 Å². The summed E-state index contributed by atoms with van der Waals surface area (Å²) < 4.78 is 28.4. The summed E-state index contributed by atoms with van der Waals surface area (Å²) in [6.07, 6.45) is 2.88. The Bertz CT molecular complexity index is 1080. The lowest BCUT2D eigenvalue weighted by molar-refractivity contribution is 0.102. The summed E-state index contributed by atoms with van der Waals surface area (Å²) in [6.45, 7) is 3.47. The number of hydrogen-bond donors (Lipinski definition) is 2. The molecule has 2 aromatic carbocycles. The Balaban J connectivity index is 1.84. The van der Waals surface area contributed by atoms with Gasteiger partial charge in [0.05, 0.1) is 16.3 Å². The van der Waals surface area contributed by atoms with Crippen molar-refractivity contribution in [2.45, 2.75) is 24.8 Å². The molecule has 28 heavy (non-hydrogen) atoms. The average molecular weight is 420 g/mol. The summed E-state index contributed by atoms with van der Waals surface area (Å²) in [5, 5.41) is 7.27. The molecule has 0 spiro atoms. The molecule has 0 saturated carbocycles. The lowest BCUT2D eigenvalue weighted by atomic mass is 10.2. The Hall–Kier alpha value is -2.75. The predicted molar refractivity (Wildman–Crippen MR) is 106 cm³/mol. The predicted octanol–water partition coefficient (Wildman–Crippen LogP) is 2.86. The van der Waals surface area contributed by atoms with Crippen LogP contribution in [0.5, 0.6) is 0 Å². The van der Waals surface area contributed by atoms with E-state index in [0.29, 0.717) is 22.0 Å². The van der Waals surface area contributed by atoms with Crippen LogP contribution in [0.2, 0.25) is 5.02 Å². The standard InChI is InChI=1S/C18H18ClN5O3S/c1-12(2)23-28(26,27)15-6-3-13(4-7-15)18(25)22-16-9-14(19)5-8-17(16)24-11-20-10-21-24/h3-12,23H,1-2H3,(H,22,25). The number of benzene rings is 2. The molecular weight excluding hydrogens is 402 g/mol. The summed E-state index contributed by atoms with van der Waals surface area (Å²) in [4.78, 5) is 16.6. The Morgan fingerprint density at radius 3 is 2.46 bits per heavy atom. The van der Waals surface area contributed by atoms with Gasteiger partial charge in [0.25, 0.3) is 5.91 Å². The minimum Gasteiger partial charge on any atom is -0.320 e. The summed E-state index contributed by atoms with van der Waals surface area (Å²) in [5.41, 5.74) is 1.34. The van der Waals surface area contributed by atoms with Crippen molar-refractivity contribution in [1.82, 2.24) is 19.5 Å². The first-order chi connectivity index (χ1) is 13.3. The smallest absolute Gasteiger partial charge is 0.255 e. The third-order valence-electron chi connectivity index (χ3n) is 3.69. The van der Waals surface area contributed by atoms with Crippen molar-refractivity contribution in [2.24, 2.45) is 0 Å². The minimum absolute atomic E-state index is 0.0869. The lowest BCUT2D eigenvalue weighted by Crippen LogP contribution is -2.30. The van der Waals surface area contributed by atoms with Crippen LogP contribution in [-0.4, -0.2) is 35.1 Å². The number of halogens is 1. The van der Waals surface area contributed by atoms with Crippen molar-refractivity contribution in [3.05, 3.63) is 65.7 Å². The molecule has 1 amide bonds. The van der Waals surface area contributed by atoms with Crippen molar-refractivity contribution in [3.63, 3.8) is 0 Å². The molecule has 1 aromatic heterocycles. The third kappa shape index (κ3) is 4.56. The first kappa shape index (κ1) is 20.0. The number of aromatic nitrogens is 3. The molecule has 10 heteroatoms. The van der Waals surface area contributed by atoms with Gasteiger partial charge in [0, 0.05) is 16.6 Å². The zero-order valence-corrected chi connectivity index (χ0v) is 16.7. The lowest BCUT2D eigenvalue weighted by Gasteiger charge is -2.12. The van der Waals surface area contributed by atoms with Crippen molar-refractivity contribution in [3.8, 4) is 5.69 Å². The van der Waals surface area contributed by atoms with E-state index in [9.17, 15) is 13.2 Å². The van der Waals surface area contributed by atoms with Crippen LogP contribution in [0.15, 0.2) is 60.0 Å². The molecule has 0 aliphatic heterocycles. The highest BCUT2D eigenvalue weighted by atomic mass is 35.5. The Kier molecular flexibility index (Phi) is 5.78. The maximum atomic E-state index is 12.6. The fourth-order valence-electron chi connectivity index (χ4n) is 2.50. The highest BCUT2D eigenvalue weighted by molar-refractivity contribution is 7.89. The van der Waals surface area contributed by atoms with Gasteiger partial charge in [-0.2, -0.15) is 5.10 Å². The van der Waals surface area contributed by atoms with Crippen LogP contribution in [0.25, 0.3) is 5.69 Å². The first-order valence-electron chi connectivity index (χ1n) is 8.34. The molecule has 0 aliphatic rings.